The Bertz CT molecular complexity index is 379. The second-order valence-electron chi connectivity index (χ2n) is 2.93. The predicted octanol–water partition coefficient (Wildman–Crippen LogP) is 2.50. The molecule has 0 spiro atoms. The average molecular weight is 206 g/mol. The Balaban J connectivity index is 2.40. The molecule has 0 aliphatic rings. The van der Waals surface area contributed by atoms with Gasteiger partial charge in [-0.2, -0.15) is 5.10 Å². The standard InChI is InChI=1S/C10H8ClN3/c1-7-6-12-10(14-13-7)8-2-4-9(11)5-3-8/h2-6H,1H3. The quantitative estimate of drug-likeness (QED) is 0.718. The highest BCUT2D eigenvalue weighted by molar-refractivity contribution is 6.30. The third kappa shape index (κ3) is 1.88. The molecule has 1 aromatic carbocycles. The minimum atomic E-state index is 0.618. The zero-order valence-corrected chi connectivity index (χ0v) is 8.36. The molecule has 2 aromatic rings. The highest BCUT2D eigenvalue weighted by Gasteiger charge is 2.00. The van der Waals surface area contributed by atoms with E-state index >= 15 is 0 Å². The molecule has 3 nitrogen and oxygen atoms in total. The number of halogens is 1. The van der Waals surface area contributed by atoms with Gasteiger partial charge in [0.05, 0.1) is 11.9 Å². The summed E-state index contributed by atoms with van der Waals surface area (Å²) in [7, 11) is 0. The van der Waals surface area contributed by atoms with Crippen LogP contribution >= 0.6 is 11.6 Å². The summed E-state index contributed by atoms with van der Waals surface area (Å²) < 4.78 is 0. The molecule has 0 aliphatic carbocycles. The van der Waals surface area contributed by atoms with Gasteiger partial charge in [0, 0.05) is 10.6 Å². The molecule has 0 N–H and O–H groups in total. The fraction of sp³-hybridized carbons (Fsp3) is 0.100. The molecule has 0 bridgehead atoms. The highest BCUT2D eigenvalue weighted by atomic mass is 35.5. The summed E-state index contributed by atoms with van der Waals surface area (Å²) in [5.41, 5.74) is 1.73. The molecule has 0 aliphatic heterocycles. The maximum Gasteiger partial charge on any atom is 0.181 e. The van der Waals surface area contributed by atoms with Gasteiger partial charge in [-0.25, -0.2) is 4.98 Å². The normalized spacial score (nSPS) is 10.1. The van der Waals surface area contributed by atoms with E-state index in [1.165, 1.54) is 0 Å². The summed E-state index contributed by atoms with van der Waals surface area (Å²) in [4.78, 5) is 4.16. The molecule has 0 radical (unpaired) electrons. The molecular weight excluding hydrogens is 198 g/mol. The summed E-state index contributed by atoms with van der Waals surface area (Å²) in [5.74, 6) is 0.618. The maximum absolute atomic E-state index is 5.77. The van der Waals surface area contributed by atoms with Crippen LogP contribution in [-0.2, 0) is 0 Å². The van der Waals surface area contributed by atoms with Gasteiger partial charge in [0.15, 0.2) is 5.82 Å². The summed E-state index contributed by atoms with van der Waals surface area (Å²) in [5, 5.41) is 8.61. The molecule has 0 amide bonds. The van der Waals surface area contributed by atoms with Gasteiger partial charge >= 0.3 is 0 Å². The summed E-state index contributed by atoms with van der Waals surface area (Å²) in [6.45, 7) is 1.85. The van der Waals surface area contributed by atoms with E-state index < -0.39 is 0 Å². The molecule has 0 saturated heterocycles. The van der Waals surface area contributed by atoms with Gasteiger partial charge in [-0.05, 0) is 31.2 Å². The number of hydrogen-bond acceptors (Lipinski definition) is 3. The van der Waals surface area contributed by atoms with Crippen LogP contribution in [0, 0.1) is 6.92 Å². The lowest BCUT2D eigenvalue weighted by Gasteiger charge is -1.98. The van der Waals surface area contributed by atoms with Crippen LogP contribution in [0.2, 0.25) is 5.02 Å². The number of hydrogen-bond donors (Lipinski definition) is 0. The van der Waals surface area contributed by atoms with Crippen LogP contribution in [0.5, 0.6) is 0 Å². The van der Waals surface area contributed by atoms with E-state index in [9.17, 15) is 0 Å². The van der Waals surface area contributed by atoms with E-state index in [0.717, 1.165) is 11.3 Å². The fourth-order valence-electron chi connectivity index (χ4n) is 1.06. The van der Waals surface area contributed by atoms with Crippen LogP contribution in [-0.4, -0.2) is 15.2 Å². The van der Waals surface area contributed by atoms with Crippen molar-refractivity contribution in [3.8, 4) is 11.4 Å². The van der Waals surface area contributed by atoms with Crippen molar-refractivity contribution >= 4 is 11.6 Å². The molecule has 0 saturated carbocycles. The van der Waals surface area contributed by atoms with E-state index in [1.807, 2.05) is 19.1 Å². The Kier molecular flexibility index (Phi) is 2.41. The van der Waals surface area contributed by atoms with E-state index in [4.69, 9.17) is 11.6 Å². The Morgan fingerprint density at radius 1 is 1.07 bits per heavy atom. The number of benzene rings is 1. The predicted molar refractivity (Wildman–Crippen MR) is 55.0 cm³/mol. The number of nitrogens with zero attached hydrogens (tertiary/aromatic N) is 3. The minimum absolute atomic E-state index is 0.618. The van der Waals surface area contributed by atoms with E-state index in [1.54, 1.807) is 18.3 Å². The lowest BCUT2D eigenvalue weighted by Crippen LogP contribution is -1.93. The third-order valence-corrected chi connectivity index (χ3v) is 2.03. The van der Waals surface area contributed by atoms with Gasteiger partial charge < -0.3 is 0 Å². The monoisotopic (exact) mass is 205 g/mol. The van der Waals surface area contributed by atoms with E-state index in [2.05, 4.69) is 15.2 Å². The van der Waals surface area contributed by atoms with Crippen LogP contribution < -0.4 is 0 Å². The SMILES string of the molecule is Cc1cnc(-c2ccc(Cl)cc2)nn1. The number of rotatable bonds is 1. The molecular formula is C10H8ClN3. The van der Waals surface area contributed by atoms with Gasteiger partial charge in [-0.15, -0.1) is 5.10 Å². The van der Waals surface area contributed by atoms with Crippen molar-refractivity contribution in [1.29, 1.82) is 0 Å². The van der Waals surface area contributed by atoms with Crippen molar-refractivity contribution in [1.82, 2.24) is 15.2 Å². The molecule has 0 fully saturated rings. The van der Waals surface area contributed by atoms with Crippen molar-refractivity contribution in [2.75, 3.05) is 0 Å². The first-order valence-corrected chi connectivity index (χ1v) is 4.56. The zero-order chi connectivity index (χ0) is 9.97. The Morgan fingerprint density at radius 2 is 1.79 bits per heavy atom. The lowest BCUT2D eigenvalue weighted by atomic mass is 10.2. The smallest absolute Gasteiger partial charge is 0.181 e. The molecule has 4 heteroatoms. The second-order valence-corrected chi connectivity index (χ2v) is 3.37. The van der Waals surface area contributed by atoms with Crippen molar-refractivity contribution in [2.45, 2.75) is 6.92 Å². The highest BCUT2D eigenvalue weighted by Crippen LogP contribution is 2.16. The molecule has 2 rings (SSSR count). The van der Waals surface area contributed by atoms with Crippen LogP contribution in [0.4, 0.5) is 0 Å². The van der Waals surface area contributed by atoms with E-state index in [0.29, 0.717) is 10.8 Å². The Morgan fingerprint density at radius 3 is 2.36 bits per heavy atom. The van der Waals surface area contributed by atoms with Gasteiger partial charge in [0.1, 0.15) is 0 Å². The van der Waals surface area contributed by atoms with Crippen molar-refractivity contribution in [3.05, 3.63) is 41.2 Å². The fourth-order valence-corrected chi connectivity index (χ4v) is 1.19. The first-order chi connectivity index (χ1) is 6.75. The Hall–Kier alpha value is -1.48. The van der Waals surface area contributed by atoms with Crippen molar-refractivity contribution < 1.29 is 0 Å². The van der Waals surface area contributed by atoms with Crippen LogP contribution in [0.1, 0.15) is 5.69 Å². The van der Waals surface area contributed by atoms with Crippen LogP contribution in [0.25, 0.3) is 11.4 Å². The summed E-state index contributed by atoms with van der Waals surface area (Å²) >= 11 is 5.77. The van der Waals surface area contributed by atoms with Crippen LogP contribution in [0.3, 0.4) is 0 Å². The van der Waals surface area contributed by atoms with E-state index in [-0.39, 0.29) is 0 Å². The first kappa shape index (κ1) is 9.09. The van der Waals surface area contributed by atoms with Gasteiger partial charge in [0.25, 0.3) is 0 Å². The first-order valence-electron chi connectivity index (χ1n) is 4.18. The molecule has 14 heavy (non-hydrogen) atoms. The Labute approximate surface area is 86.8 Å². The second kappa shape index (κ2) is 3.72. The van der Waals surface area contributed by atoms with Crippen molar-refractivity contribution in [3.63, 3.8) is 0 Å². The number of aryl methyl sites for hydroxylation is 1. The third-order valence-electron chi connectivity index (χ3n) is 1.78. The van der Waals surface area contributed by atoms with Gasteiger partial charge in [-0.3, -0.25) is 0 Å². The van der Waals surface area contributed by atoms with Gasteiger partial charge in [-0.1, -0.05) is 11.6 Å². The lowest BCUT2D eigenvalue weighted by molar-refractivity contribution is 0.935. The zero-order valence-electron chi connectivity index (χ0n) is 7.61. The minimum Gasteiger partial charge on any atom is -0.233 e. The molecule has 1 aromatic heterocycles. The average Bonchev–Trinajstić information content (AvgIpc) is 2.21. The van der Waals surface area contributed by atoms with Gasteiger partial charge in [0.2, 0.25) is 0 Å². The largest absolute Gasteiger partial charge is 0.233 e. The molecule has 1 heterocycles. The number of aromatic nitrogens is 3. The molecule has 0 atom stereocenters. The topological polar surface area (TPSA) is 38.7 Å². The summed E-state index contributed by atoms with van der Waals surface area (Å²) in [6.07, 6.45) is 1.69. The van der Waals surface area contributed by atoms with Crippen molar-refractivity contribution in [2.24, 2.45) is 0 Å². The molecule has 70 valence electrons. The van der Waals surface area contributed by atoms with Crippen LogP contribution in [0.15, 0.2) is 30.5 Å². The maximum atomic E-state index is 5.77. The molecule has 0 unspecified atom stereocenters. The summed E-state index contributed by atoms with van der Waals surface area (Å²) in [6, 6.07) is 7.35.